The summed E-state index contributed by atoms with van der Waals surface area (Å²) in [5.74, 6) is 0.572. The van der Waals surface area contributed by atoms with Crippen molar-refractivity contribution >= 4 is 46.0 Å². The van der Waals surface area contributed by atoms with Gasteiger partial charge >= 0.3 is 0 Å². The molecule has 1 N–H and O–H groups in total. The van der Waals surface area contributed by atoms with Crippen LogP contribution in [0.4, 0.5) is 5.69 Å². The molecular formula is C20H16ClN5O2S. The Labute approximate surface area is 176 Å². The number of anilines is 1. The number of methoxy groups -OCH3 is 1. The Kier molecular flexibility index (Phi) is 5.64. The Balaban J connectivity index is 1.48. The number of nitrogens with one attached hydrogen (secondary N) is 1. The average molecular weight is 426 g/mol. The van der Waals surface area contributed by atoms with Gasteiger partial charge in [-0.2, -0.15) is 5.10 Å². The summed E-state index contributed by atoms with van der Waals surface area (Å²) in [4.78, 5) is 21.0. The van der Waals surface area contributed by atoms with E-state index < -0.39 is 0 Å². The van der Waals surface area contributed by atoms with E-state index in [-0.39, 0.29) is 11.7 Å². The van der Waals surface area contributed by atoms with Gasteiger partial charge in [-0.05, 0) is 30.3 Å². The van der Waals surface area contributed by atoms with Crippen molar-refractivity contribution in [3.63, 3.8) is 0 Å². The highest BCUT2D eigenvalue weighted by molar-refractivity contribution is 8.00. The van der Waals surface area contributed by atoms with Crippen molar-refractivity contribution in [2.24, 2.45) is 0 Å². The average Bonchev–Trinajstić information content (AvgIpc) is 3.18. The summed E-state index contributed by atoms with van der Waals surface area (Å²) in [7, 11) is 1.54. The first-order chi connectivity index (χ1) is 14.2. The maximum atomic E-state index is 12.3. The number of benzene rings is 2. The molecule has 0 unspecified atom stereocenters. The number of rotatable bonds is 6. The summed E-state index contributed by atoms with van der Waals surface area (Å²) in [6, 6.07) is 14.8. The van der Waals surface area contributed by atoms with Crippen LogP contribution in [0.2, 0.25) is 5.02 Å². The first-order valence-electron chi connectivity index (χ1n) is 8.66. The smallest absolute Gasteiger partial charge is 0.234 e. The van der Waals surface area contributed by atoms with Crippen molar-refractivity contribution in [3.05, 3.63) is 66.1 Å². The third-order valence-electron chi connectivity index (χ3n) is 4.11. The maximum Gasteiger partial charge on any atom is 0.234 e. The molecule has 0 aliphatic carbocycles. The van der Waals surface area contributed by atoms with E-state index in [0.29, 0.717) is 27.1 Å². The van der Waals surface area contributed by atoms with Crippen molar-refractivity contribution in [1.29, 1.82) is 0 Å². The molecule has 0 aliphatic heterocycles. The number of ether oxygens (including phenoxy) is 1. The van der Waals surface area contributed by atoms with Gasteiger partial charge in [0.05, 0.1) is 35.2 Å². The maximum absolute atomic E-state index is 12.3. The number of hydrogen-bond donors (Lipinski definition) is 1. The minimum absolute atomic E-state index is 0.168. The highest BCUT2D eigenvalue weighted by Gasteiger charge is 2.13. The Morgan fingerprint density at radius 2 is 2.03 bits per heavy atom. The molecule has 0 fully saturated rings. The third kappa shape index (κ3) is 4.18. The van der Waals surface area contributed by atoms with Crippen LogP contribution in [0.1, 0.15) is 0 Å². The third-order valence-corrected chi connectivity index (χ3v) is 5.41. The fourth-order valence-corrected chi connectivity index (χ4v) is 3.79. The van der Waals surface area contributed by atoms with Crippen LogP contribution in [0.25, 0.3) is 16.7 Å². The van der Waals surface area contributed by atoms with Crippen LogP contribution >= 0.6 is 23.4 Å². The van der Waals surface area contributed by atoms with Crippen molar-refractivity contribution in [2.45, 2.75) is 5.03 Å². The van der Waals surface area contributed by atoms with E-state index in [0.717, 1.165) is 11.1 Å². The van der Waals surface area contributed by atoms with Crippen LogP contribution in [-0.4, -0.2) is 38.5 Å². The molecule has 4 aromatic rings. The predicted octanol–water partition coefficient (Wildman–Crippen LogP) is 4.21. The van der Waals surface area contributed by atoms with E-state index in [1.807, 2.05) is 30.3 Å². The Morgan fingerprint density at radius 1 is 1.21 bits per heavy atom. The monoisotopic (exact) mass is 425 g/mol. The van der Waals surface area contributed by atoms with E-state index in [1.165, 1.54) is 18.1 Å². The van der Waals surface area contributed by atoms with E-state index >= 15 is 0 Å². The molecule has 7 nitrogen and oxygen atoms in total. The Bertz CT molecular complexity index is 1170. The number of thioether (sulfide) groups is 1. The second kappa shape index (κ2) is 8.50. The predicted molar refractivity (Wildman–Crippen MR) is 114 cm³/mol. The minimum Gasteiger partial charge on any atom is -0.495 e. The molecule has 2 aromatic heterocycles. The molecule has 4 rings (SSSR count). The number of hydrogen-bond acceptors (Lipinski definition) is 6. The van der Waals surface area contributed by atoms with E-state index in [9.17, 15) is 4.79 Å². The lowest BCUT2D eigenvalue weighted by atomic mass is 10.3. The van der Waals surface area contributed by atoms with Gasteiger partial charge in [-0.1, -0.05) is 41.6 Å². The lowest BCUT2D eigenvalue weighted by Gasteiger charge is -2.08. The summed E-state index contributed by atoms with van der Waals surface area (Å²) < 4.78 is 6.86. The number of halogens is 1. The van der Waals surface area contributed by atoms with Gasteiger partial charge in [-0.3, -0.25) is 4.79 Å². The van der Waals surface area contributed by atoms with Crippen molar-refractivity contribution in [2.75, 3.05) is 18.2 Å². The van der Waals surface area contributed by atoms with Gasteiger partial charge in [0.25, 0.3) is 0 Å². The van der Waals surface area contributed by atoms with Crippen molar-refractivity contribution in [1.82, 2.24) is 19.7 Å². The molecule has 0 saturated heterocycles. The molecule has 29 heavy (non-hydrogen) atoms. The zero-order valence-electron chi connectivity index (χ0n) is 15.4. The Morgan fingerprint density at radius 3 is 2.79 bits per heavy atom. The number of carbonyl (C=O) groups is 1. The van der Waals surface area contributed by atoms with E-state index in [2.05, 4.69) is 20.4 Å². The summed E-state index contributed by atoms with van der Waals surface area (Å²) in [6.45, 7) is 0. The second-order valence-corrected chi connectivity index (χ2v) is 7.37. The zero-order chi connectivity index (χ0) is 20.2. The van der Waals surface area contributed by atoms with Gasteiger partial charge in [0.15, 0.2) is 5.65 Å². The number of carbonyl (C=O) groups excluding carboxylic acids is 1. The highest BCUT2D eigenvalue weighted by atomic mass is 35.5. The summed E-state index contributed by atoms with van der Waals surface area (Å²) in [6.07, 6.45) is 3.19. The van der Waals surface area contributed by atoms with Gasteiger partial charge in [0.2, 0.25) is 5.91 Å². The molecule has 0 atom stereocenters. The summed E-state index contributed by atoms with van der Waals surface area (Å²) in [5, 5.41) is 9.16. The standard InChI is InChI=1S/C20H16ClN5O2S/c1-28-17-8-7-13(9-16(17)21)25-18(27)11-29-20-15-10-24-26(19(15)22-12-23-20)14-5-3-2-4-6-14/h2-10,12H,11H2,1H3,(H,25,27). The fraction of sp³-hybridized carbons (Fsp3) is 0.100. The summed E-state index contributed by atoms with van der Waals surface area (Å²) in [5.41, 5.74) is 2.20. The fourth-order valence-electron chi connectivity index (χ4n) is 2.77. The molecule has 2 aromatic carbocycles. The molecule has 0 radical (unpaired) electrons. The van der Waals surface area contributed by atoms with Gasteiger partial charge in [-0.25, -0.2) is 14.6 Å². The van der Waals surface area contributed by atoms with Crippen LogP contribution < -0.4 is 10.1 Å². The second-order valence-electron chi connectivity index (χ2n) is 5.99. The van der Waals surface area contributed by atoms with Crippen LogP contribution in [0, 0.1) is 0 Å². The van der Waals surface area contributed by atoms with Crippen molar-refractivity contribution in [3.8, 4) is 11.4 Å². The van der Waals surface area contributed by atoms with E-state index in [4.69, 9.17) is 16.3 Å². The summed E-state index contributed by atoms with van der Waals surface area (Å²) >= 11 is 7.42. The molecule has 0 saturated carbocycles. The molecule has 2 heterocycles. The Hall–Kier alpha value is -3.10. The minimum atomic E-state index is -0.168. The topological polar surface area (TPSA) is 81.9 Å². The van der Waals surface area contributed by atoms with Crippen LogP contribution in [0.3, 0.4) is 0 Å². The first kappa shape index (κ1) is 19.2. The van der Waals surface area contributed by atoms with Crippen molar-refractivity contribution < 1.29 is 9.53 Å². The molecule has 0 spiro atoms. The molecule has 9 heteroatoms. The number of amides is 1. The van der Waals surface area contributed by atoms with Gasteiger partial charge in [0, 0.05) is 5.69 Å². The van der Waals surface area contributed by atoms with Crippen LogP contribution in [-0.2, 0) is 4.79 Å². The lowest BCUT2D eigenvalue weighted by molar-refractivity contribution is -0.113. The normalized spacial score (nSPS) is 10.8. The van der Waals surface area contributed by atoms with Gasteiger partial charge < -0.3 is 10.1 Å². The zero-order valence-corrected chi connectivity index (χ0v) is 16.9. The molecule has 1 amide bonds. The van der Waals surface area contributed by atoms with Gasteiger partial charge in [-0.15, -0.1) is 0 Å². The van der Waals surface area contributed by atoms with E-state index in [1.54, 1.807) is 36.2 Å². The molecular weight excluding hydrogens is 410 g/mol. The van der Waals surface area contributed by atoms with Gasteiger partial charge in [0.1, 0.15) is 17.1 Å². The molecule has 0 bridgehead atoms. The quantitative estimate of drug-likeness (QED) is 0.368. The highest BCUT2D eigenvalue weighted by Crippen LogP contribution is 2.28. The number of para-hydroxylation sites is 1. The van der Waals surface area contributed by atoms with Crippen LogP contribution in [0.5, 0.6) is 5.75 Å². The number of nitrogens with zero attached hydrogens (tertiary/aromatic N) is 4. The largest absolute Gasteiger partial charge is 0.495 e. The molecule has 146 valence electrons. The SMILES string of the molecule is COc1ccc(NC(=O)CSc2ncnc3c2cnn3-c2ccccc2)cc1Cl. The molecule has 0 aliphatic rings. The lowest BCUT2D eigenvalue weighted by Crippen LogP contribution is -2.14. The first-order valence-corrected chi connectivity index (χ1v) is 10.0. The number of fused-ring (bicyclic) bond motifs is 1. The number of aromatic nitrogens is 4. The van der Waals surface area contributed by atoms with Crippen LogP contribution in [0.15, 0.2) is 66.1 Å².